The lowest BCUT2D eigenvalue weighted by molar-refractivity contribution is 0.170. The van der Waals surface area contributed by atoms with Crippen molar-refractivity contribution in [2.24, 2.45) is 5.92 Å². The van der Waals surface area contributed by atoms with Crippen LogP contribution in [-0.2, 0) is 6.42 Å². The van der Waals surface area contributed by atoms with E-state index in [0.717, 1.165) is 55.2 Å². The summed E-state index contributed by atoms with van der Waals surface area (Å²) in [6, 6.07) is 9.84. The van der Waals surface area contributed by atoms with Gasteiger partial charge in [0.25, 0.3) is 0 Å². The number of rotatable bonds is 7. The lowest BCUT2D eigenvalue weighted by Crippen LogP contribution is -2.35. The second kappa shape index (κ2) is 9.18. The number of aromatic nitrogens is 1. The Hall–Kier alpha value is -2.05. The van der Waals surface area contributed by atoms with E-state index in [1.54, 1.807) is 11.3 Å². The average molecular weight is 417 g/mol. The summed E-state index contributed by atoms with van der Waals surface area (Å²) in [4.78, 5) is 6.95. The minimum absolute atomic E-state index is 0.294. The molecule has 6 heteroatoms. The quantitative estimate of drug-likeness (QED) is 0.468. The van der Waals surface area contributed by atoms with Crippen molar-refractivity contribution in [2.45, 2.75) is 32.6 Å². The molecule has 0 saturated carbocycles. The first-order valence-corrected chi connectivity index (χ1v) is 11.0. The molecule has 0 radical (unpaired) electrons. The molecule has 154 valence electrons. The molecule has 1 aliphatic rings. The highest BCUT2D eigenvalue weighted by Gasteiger charge is 2.20. The number of hydrogen-bond donors (Lipinski definition) is 0. The van der Waals surface area contributed by atoms with Gasteiger partial charge in [-0.1, -0.05) is 0 Å². The molecule has 1 fully saturated rings. The zero-order chi connectivity index (χ0) is 20.2. The summed E-state index contributed by atoms with van der Waals surface area (Å²) in [6.45, 7) is 5.71. The Morgan fingerprint density at radius 2 is 1.97 bits per heavy atom. The zero-order valence-electron chi connectivity index (χ0n) is 16.7. The van der Waals surface area contributed by atoms with E-state index in [2.05, 4.69) is 16.0 Å². The molecule has 0 aliphatic carbocycles. The number of halogens is 2. The summed E-state index contributed by atoms with van der Waals surface area (Å²) < 4.78 is 34.3. The maximum absolute atomic E-state index is 13.8. The molecule has 2 heterocycles. The molecule has 1 saturated heterocycles. The highest BCUT2D eigenvalue weighted by atomic mass is 32.1. The Morgan fingerprint density at radius 1 is 1.14 bits per heavy atom. The number of piperidine rings is 1. The van der Waals surface area contributed by atoms with Crippen LogP contribution < -0.4 is 4.74 Å². The van der Waals surface area contributed by atoms with Crippen LogP contribution in [0.2, 0.25) is 0 Å². The predicted octanol–water partition coefficient (Wildman–Crippen LogP) is 5.61. The van der Waals surface area contributed by atoms with E-state index in [1.807, 2.05) is 19.1 Å². The fourth-order valence-corrected chi connectivity index (χ4v) is 4.82. The molecule has 29 heavy (non-hydrogen) atoms. The van der Waals surface area contributed by atoms with Gasteiger partial charge in [-0.3, -0.25) is 0 Å². The Kier molecular flexibility index (Phi) is 6.40. The molecule has 2 aromatic carbocycles. The van der Waals surface area contributed by atoms with E-state index in [1.165, 1.54) is 22.9 Å². The van der Waals surface area contributed by atoms with E-state index in [9.17, 15) is 8.78 Å². The van der Waals surface area contributed by atoms with Crippen molar-refractivity contribution in [2.75, 3.05) is 26.2 Å². The summed E-state index contributed by atoms with van der Waals surface area (Å²) in [6.07, 6.45) is 3.64. The maximum Gasteiger partial charge on any atom is 0.126 e. The second-order valence-electron chi connectivity index (χ2n) is 7.79. The van der Waals surface area contributed by atoms with Gasteiger partial charge in [-0.15, -0.1) is 11.3 Å². The van der Waals surface area contributed by atoms with Gasteiger partial charge in [0, 0.05) is 12.6 Å². The zero-order valence-corrected chi connectivity index (χ0v) is 17.5. The number of fused-ring (bicyclic) bond motifs is 1. The average Bonchev–Trinajstić information content (AvgIpc) is 3.08. The number of aryl methyl sites for hydroxylation is 1. The lowest BCUT2D eigenvalue weighted by Gasteiger charge is -2.32. The molecule has 3 nitrogen and oxygen atoms in total. The SMILES string of the molecule is Cc1nc2cc(OCCCN3CCC(Cc4cc(F)ccc4F)CC3)ccc2s1. The van der Waals surface area contributed by atoms with Crippen LogP contribution in [0.1, 0.15) is 29.8 Å². The third-order valence-electron chi connectivity index (χ3n) is 5.58. The number of nitrogens with zero attached hydrogens (tertiary/aromatic N) is 2. The van der Waals surface area contributed by atoms with Gasteiger partial charge < -0.3 is 9.64 Å². The normalized spacial score (nSPS) is 15.8. The van der Waals surface area contributed by atoms with Crippen molar-refractivity contribution in [3.63, 3.8) is 0 Å². The molecule has 0 unspecified atom stereocenters. The Morgan fingerprint density at radius 3 is 2.79 bits per heavy atom. The number of ether oxygens (including phenoxy) is 1. The molecule has 0 N–H and O–H groups in total. The van der Waals surface area contributed by atoms with Crippen LogP contribution in [-0.4, -0.2) is 36.1 Å². The van der Waals surface area contributed by atoms with E-state index in [-0.39, 0.29) is 11.6 Å². The largest absolute Gasteiger partial charge is 0.493 e. The minimum Gasteiger partial charge on any atom is -0.493 e. The first kappa shape index (κ1) is 20.2. The summed E-state index contributed by atoms with van der Waals surface area (Å²) >= 11 is 1.70. The van der Waals surface area contributed by atoms with Crippen LogP contribution in [0.4, 0.5) is 8.78 Å². The Balaban J connectivity index is 1.17. The predicted molar refractivity (Wildman–Crippen MR) is 114 cm³/mol. The van der Waals surface area contributed by atoms with Gasteiger partial charge >= 0.3 is 0 Å². The molecular formula is C23H26F2N2OS. The summed E-state index contributed by atoms with van der Waals surface area (Å²) in [7, 11) is 0. The van der Waals surface area contributed by atoms with Crippen LogP contribution in [0.15, 0.2) is 36.4 Å². The molecule has 0 spiro atoms. The number of hydrogen-bond acceptors (Lipinski definition) is 4. The molecule has 3 aromatic rings. The van der Waals surface area contributed by atoms with Gasteiger partial charge in [0.2, 0.25) is 0 Å². The number of likely N-dealkylation sites (tertiary alicyclic amines) is 1. The Labute approximate surface area is 174 Å². The van der Waals surface area contributed by atoms with Gasteiger partial charge in [0.1, 0.15) is 17.4 Å². The molecule has 0 bridgehead atoms. The van der Waals surface area contributed by atoms with Gasteiger partial charge in [-0.2, -0.15) is 0 Å². The van der Waals surface area contributed by atoms with Gasteiger partial charge in [-0.05, 0) is 87.5 Å². The third-order valence-corrected chi connectivity index (χ3v) is 6.53. The van der Waals surface area contributed by atoms with E-state index in [0.29, 0.717) is 24.5 Å². The third kappa shape index (κ3) is 5.31. The highest BCUT2D eigenvalue weighted by molar-refractivity contribution is 7.18. The van der Waals surface area contributed by atoms with Crippen molar-refractivity contribution in [3.05, 3.63) is 58.6 Å². The molecule has 0 atom stereocenters. The molecule has 1 aliphatic heterocycles. The lowest BCUT2D eigenvalue weighted by atomic mass is 9.90. The second-order valence-corrected chi connectivity index (χ2v) is 9.02. The smallest absolute Gasteiger partial charge is 0.126 e. The van der Waals surface area contributed by atoms with Crippen LogP contribution >= 0.6 is 11.3 Å². The van der Waals surface area contributed by atoms with Crippen molar-refractivity contribution < 1.29 is 13.5 Å². The van der Waals surface area contributed by atoms with Crippen molar-refractivity contribution in [3.8, 4) is 5.75 Å². The topological polar surface area (TPSA) is 25.4 Å². The van der Waals surface area contributed by atoms with E-state index >= 15 is 0 Å². The highest BCUT2D eigenvalue weighted by Crippen LogP contribution is 2.26. The van der Waals surface area contributed by atoms with Gasteiger partial charge in [0.15, 0.2) is 0 Å². The van der Waals surface area contributed by atoms with Crippen molar-refractivity contribution in [1.82, 2.24) is 9.88 Å². The van der Waals surface area contributed by atoms with E-state index < -0.39 is 0 Å². The molecular weight excluding hydrogens is 390 g/mol. The first-order chi connectivity index (χ1) is 14.1. The fourth-order valence-electron chi connectivity index (χ4n) is 4.02. The Bertz CT molecular complexity index is 967. The van der Waals surface area contributed by atoms with Crippen LogP contribution in [0, 0.1) is 24.5 Å². The summed E-state index contributed by atoms with van der Waals surface area (Å²) in [5, 5.41) is 1.07. The maximum atomic E-state index is 13.8. The van der Waals surface area contributed by atoms with Crippen molar-refractivity contribution in [1.29, 1.82) is 0 Å². The van der Waals surface area contributed by atoms with Gasteiger partial charge in [0.05, 0.1) is 21.8 Å². The van der Waals surface area contributed by atoms with Crippen LogP contribution in [0.3, 0.4) is 0 Å². The molecule has 0 amide bonds. The first-order valence-electron chi connectivity index (χ1n) is 10.2. The monoisotopic (exact) mass is 416 g/mol. The standard InChI is InChI=1S/C23H26F2N2OS/c1-16-26-22-15-20(4-6-23(22)29-16)28-12-2-9-27-10-7-17(8-11-27)13-18-14-19(24)3-5-21(18)25/h3-6,14-15,17H,2,7-13H2,1H3. The number of thiazole rings is 1. The minimum atomic E-state index is -0.358. The van der Waals surface area contributed by atoms with E-state index in [4.69, 9.17) is 4.74 Å². The van der Waals surface area contributed by atoms with Crippen LogP contribution in [0.5, 0.6) is 5.75 Å². The summed E-state index contributed by atoms with van der Waals surface area (Å²) in [5.74, 6) is 0.644. The fraction of sp³-hybridized carbons (Fsp3) is 0.435. The van der Waals surface area contributed by atoms with Crippen LogP contribution in [0.25, 0.3) is 10.2 Å². The van der Waals surface area contributed by atoms with Gasteiger partial charge in [-0.25, -0.2) is 13.8 Å². The molecule has 4 rings (SSSR count). The molecule has 1 aromatic heterocycles. The van der Waals surface area contributed by atoms with Crippen molar-refractivity contribution >= 4 is 21.6 Å². The number of benzene rings is 2. The summed E-state index contributed by atoms with van der Waals surface area (Å²) in [5.41, 5.74) is 1.51.